The van der Waals surface area contributed by atoms with Gasteiger partial charge in [-0.2, -0.15) is 13.2 Å². The summed E-state index contributed by atoms with van der Waals surface area (Å²) in [6, 6.07) is 6.84. The largest absolute Gasteiger partial charge is 0.416 e. The maximum absolute atomic E-state index is 12.8. The van der Waals surface area contributed by atoms with Crippen LogP contribution in [0.25, 0.3) is 0 Å². The van der Waals surface area contributed by atoms with Crippen molar-refractivity contribution in [2.24, 2.45) is 0 Å². The summed E-state index contributed by atoms with van der Waals surface area (Å²) < 4.78 is 77.2. The first kappa shape index (κ1) is 16.3. The Morgan fingerprint density at radius 1 is 1.00 bits per heavy atom. The molecule has 1 N–H and O–H groups in total. The van der Waals surface area contributed by atoms with Crippen LogP contribution in [0, 0.1) is 12.7 Å². The van der Waals surface area contributed by atoms with Crippen LogP contribution in [0.15, 0.2) is 47.4 Å². The summed E-state index contributed by atoms with van der Waals surface area (Å²) in [5.41, 5.74) is -0.910. The first-order valence-corrected chi connectivity index (χ1v) is 7.53. The number of nitrogens with one attached hydrogen (secondary N) is 1. The first-order valence-electron chi connectivity index (χ1n) is 6.05. The maximum Gasteiger partial charge on any atom is 0.416 e. The predicted molar refractivity (Wildman–Crippen MR) is 73.4 cm³/mol. The number of benzene rings is 2. The zero-order valence-corrected chi connectivity index (χ0v) is 12.1. The first-order chi connectivity index (χ1) is 10.1. The second-order valence-corrected chi connectivity index (χ2v) is 6.33. The van der Waals surface area contributed by atoms with Gasteiger partial charge in [0.25, 0.3) is 10.0 Å². The van der Waals surface area contributed by atoms with E-state index in [1.54, 1.807) is 0 Å². The molecule has 0 aliphatic carbocycles. The van der Waals surface area contributed by atoms with Gasteiger partial charge in [-0.15, -0.1) is 0 Å². The Kier molecular flexibility index (Phi) is 4.15. The minimum Gasteiger partial charge on any atom is -0.280 e. The van der Waals surface area contributed by atoms with Gasteiger partial charge in [0.05, 0.1) is 10.5 Å². The number of alkyl halides is 3. The summed E-state index contributed by atoms with van der Waals surface area (Å²) in [6.07, 6.45) is -4.58. The van der Waals surface area contributed by atoms with Gasteiger partial charge in [0.15, 0.2) is 0 Å². The number of sulfonamides is 1. The smallest absolute Gasteiger partial charge is 0.280 e. The highest BCUT2D eigenvalue weighted by molar-refractivity contribution is 7.92. The SMILES string of the molecule is Cc1cc(NS(=O)(=O)c2ccc(F)cc2)cc(C(F)(F)F)c1. The fourth-order valence-corrected chi connectivity index (χ4v) is 2.87. The zero-order valence-electron chi connectivity index (χ0n) is 11.3. The molecule has 22 heavy (non-hydrogen) atoms. The topological polar surface area (TPSA) is 46.2 Å². The van der Waals surface area contributed by atoms with E-state index in [2.05, 4.69) is 4.72 Å². The Labute approximate surface area is 124 Å². The van der Waals surface area contributed by atoms with Crippen LogP contribution in [-0.2, 0) is 16.2 Å². The standard InChI is InChI=1S/C14H11F4NO2S/c1-9-6-10(14(16,17)18)8-12(7-9)19-22(20,21)13-4-2-11(15)3-5-13/h2-8,19H,1H3. The third-order valence-electron chi connectivity index (χ3n) is 2.78. The molecule has 0 aromatic heterocycles. The van der Waals surface area contributed by atoms with Crippen molar-refractivity contribution in [2.75, 3.05) is 4.72 Å². The summed E-state index contributed by atoms with van der Waals surface area (Å²) in [5.74, 6) is -0.617. The molecule has 118 valence electrons. The van der Waals surface area contributed by atoms with E-state index in [4.69, 9.17) is 0 Å². The van der Waals surface area contributed by atoms with Crippen molar-refractivity contribution < 1.29 is 26.0 Å². The van der Waals surface area contributed by atoms with Crippen LogP contribution in [0.2, 0.25) is 0 Å². The molecule has 8 heteroatoms. The Bertz CT molecular complexity index is 783. The van der Waals surface area contributed by atoms with E-state index in [1.807, 2.05) is 0 Å². The quantitative estimate of drug-likeness (QED) is 0.865. The fourth-order valence-electron chi connectivity index (χ4n) is 1.83. The lowest BCUT2D eigenvalue weighted by Gasteiger charge is -2.12. The minimum atomic E-state index is -4.58. The van der Waals surface area contributed by atoms with E-state index in [1.165, 1.54) is 13.0 Å². The van der Waals surface area contributed by atoms with Crippen molar-refractivity contribution in [3.8, 4) is 0 Å². The summed E-state index contributed by atoms with van der Waals surface area (Å²) in [4.78, 5) is -0.246. The number of aryl methyl sites for hydroxylation is 1. The van der Waals surface area contributed by atoms with Crippen molar-refractivity contribution in [2.45, 2.75) is 18.0 Å². The molecule has 2 aromatic carbocycles. The van der Waals surface area contributed by atoms with E-state index in [-0.39, 0.29) is 16.1 Å². The number of hydrogen-bond acceptors (Lipinski definition) is 2. The van der Waals surface area contributed by atoms with Gasteiger partial charge in [-0.1, -0.05) is 0 Å². The van der Waals surface area contributed by atoms with Crippen LogP contribution < -0.4 is 4.72 Å². The van der Waals surface area contributed by atoms with Crippen LogP contribution in [0.1, 0.15) is 11.1 Å². The van der Waals surface area contributed by atoms with E-state index < -0.39 is 27.6 Å². The Balaban J connectivity index is 2.38. The van der Waals surface area contributed by atoms with Crippen molar-refractivity contribution in [3.63, 3.8) is 0 Å². The minimum absolute atomic E-state index is 0.211. The Morgan fingerprint density at radius 2 is 1.59 bits per heavy atom. The van der Waals surface area contributed by atoms with E-state index in [0.29, 0.717) is 6.07 Å². The van der Waals surface area contributed by atoms with Gasteiger partial charge in [0.2, 0.25) is 0 Å². The van der Waals surface area contributed by atoms with Crippen LogP contribution in [-0.4, -0.2) is 8.42 Å². The highest BCUT2D eigenvalue weighted by Crippen LogP contribution is 2.32. The zero-order chi connectivity index (χ0) is 16.5. The average Bonchev–Trinajstić information content (AvgIpc) is 2.36. The van der Waals surface area contributed by atoms with Gasteiger partial charge >= 0.3 is 6.18 Å². The summed E-state index contributed by atoms with van der Waals surface area (Å²) in [7, 11) is -4.09. The number of anilines is 1. The number of rotatable bonds is 3. The summed E-state index contributed by atoms with van der Waals surface area (Å²) >= 11 is 0. The van der Waals surface area contributed by atoms with Crippen molar-refractivity contribution >= 4 is 15.7 Å². The van der Waals surface area contributed by atoms with Gasteiger partial charge in [0.1, 0.15) is 5.82 Å². The maximum atomic E-state index is 12.8. The second-order valence-electron chi connectivity index (χ2n) is 4.64. The van der Waals surface area contributed by atoms with Gasteiger partial charge in [-0.25, -0.2) is 12.8 Å². The third-order valence-corrected chi connectivity index (χ3v) is 4.18. The third kappa shape index (κ3) is 3.76. The van der Waals surface area contributed by atoms with E-state index in [9.17, 15) is 26.0 Å². The van der Waals surface area contributed by atoms with Crippen LogP contribution in [0.5, 0.6) is 0 Å². The van der Waals surface area contributed by atoms with Crippen molar-refractivity contribution in [3.05, 3.63) is 59.4 Å². The molecule has 0 atom stereocenters. The molecule has 3 nitrogen and oxygen atoms in total. The molecule has 2 aromatic rings. The molecule has 0 radical (unpaired) electrons. The normalized spacial score (nSPS) is 12.2. The number of halogens is 4. The summed E-state index contributed by atoms with van der Waals surface area (Å²) in [6.45, 7) is 1.42. The van der Waals surface area contributed by atoms with Gasteiger partial charge in [0, 0.05) is 5.69 Å². The summed E-state index contributed by atoms with van der Waals surface area (Å²) in [5, 5.41) is 0. The van der Waals surface area contributed by atoms with Crippen molar-refractivity contribution in [1.82, 2.24) is 0 Å². The molecule has 0 saturated heterocycles. The Hall–Kier alpha value is -2.09. The van der Waals surface area contributed by atoms with Crippen molar-refractivity contribution in [1.29, 1.82) is 0 Å². The number of hydrogen-bond donors (Lipinski definition) is 1. The molecular weight excluding hydrogens is 322 g/mol. The highest BCUT2D eigenvalue weighted by Gasteiger charge is 2.31. The monoisotopic (exact) mass is 333 g/mol. The average molecular weight is 333 g/mol. The molecule has 0 aliphatic heterocycles. The van der Waals surface area contributed by atoms with Gasteiger partial charge in [-0.3, -0.25) is 4.72 Å². The molecular formula is C14H11F4NO2S. The highest BCUT2D eigenvalue weighted by atomic mass is 32.2. The molecule has 0 spiro atoms. The van der Waals surface area contributed by atoms with E-state index in [0.717, 1.165) is 30.3 Å². The molecule has 0 saturated carbocycles. The predicted octanol–water partition coefficient (Wildman–Crippen LogP) is 3.95. The lowest BCUT2D eigenvalue weighted by Crippen LogP contribution is -2.14. The molecule has 2 rings (SSSR count). The molecule has 0 amide bonds. The van der Waals surface area contributed by atoms with Gasteiger partial charge < -0.3 is 0 Å². The van der Waals surface area contributed by atoms with Crippen LogP contribution in [0.3, 0.4) is 0 Å². The molecule has 0 fully saturated rings. The molecule has 0 heterocycles. The lowest BCUT2D eigenvalue weighted by atomic mass is 10.1. The molecule has 0 aliphatic rings. The Morgan fingerprint density at radius 3 is 2.14 bits per heavy atom. The van der Waals surface area contributed by atoms with Gasteiger partial charge in [-0.05, 0) is 55.0 Å². The van der Waals surface area contributed by atoms with Crippen LogP contribution in [0.4, 0.5) is 23.2 Å². The van der Waals surface area contributed by atoms with Crippen LogP contribution >= 0.6 is 0 Å². The van der Waals surface area contributed by atoms with E-state index >= 15 is 0 Å². The molecule has 0 unspecified atom stereocenters. The lowest BCUT2D eigenvalue weighted by molar-refractivity contribution is -0.137. The second kappa shape index (κ2) is 5.60. The molecule has 0 bridgehead atoms. The fraction of sp³-hybridized carbons (Fsp3) is 0.143.